The lowest BCUT2D eigenvalue weighted by Crippen LogP contribution is -2.47. The maximum atomic E-state index is 11.7. The number of nitrogens with zero attached hydrogens (tertiary/aromatic N) is 1. The number of hydrogen-bond donors (Lipinski definition) is 1. The van der Waals surface area contributed by atoms with E-state index in [1.165, 1.54) is 0 Å². The van der Waals surface area contributed by atoms with Crippen LogP contribution in [-0.4, -0.2) is 41.2 Å². The van der Waals surface area contributed by atoms with Gasteiger partial charge in [-0.05, 0) is 20.8 Å². The highest BCUT2D eigenvalue weighted by molar-refractivity contribution is 9.09. The van der Waals surface area contributed by atoms with Crippen LogP contribution in [0.15, 0.2) is 0 Å². The number of likely N-dealkylation sites (N-methyl/N-ethyl adjacent to an activating group) is 1. The van der Waals surface area contributed by atoms with Gasteiger partial charge < -0.3 is 10.2 Å². The molecule has 1 N–H and O–H groups in total. The molecule has 0 spiro atoms. The molecule has 0 aliphatic heterocycles. The molecule has 1 unspecified atom stereocenters. The van der Waals surface area contributed by atoms with Gasteiger partial charge in [-0.3, -0.25) is 9.59 Å². The second-order valence-electron chi connectivity index (χ2n) is 2.93. The third-order valence-corrected chi connectivity index (χ3v) is 2.45. The maximum absolute atomic E-state index is 11.7. The first-order valence-corrected chi connectivity index (χ1v) is 5.83. The van der Waals surface area contributed by atoms with Crippen molar-refractivity contribution in [1.29, 1.82) is 0 Å². The minimum Gasteiger partial charge on any atom is -0.344 e. The molecule has 0 bridgehead atoms. The normalized spacial score (nSPS) is 12.0. The monoisotopic (exact) mass is 264 g/mol. The third-order valence-electron chi connectivity index (χ3n) is 1.94. The SMILES string of the molecule is CCN(CC)C(=O)C(C)NC(=O)CBr. The Labute approximate surface area is 93.2 Å². The molecule has 14 heavy (non-hydrogen) atoms. The van der Waals surface area contributed by atoms with Crippen molar-refractivity contribution in [2.75, 3.05) is 18.4 Å². The quantitative estimate of drug-likeness (QED) is 0.746. The molecular weight excluding hydrogens is 248 g/mol. The van der Waals surface area contributed by atoms with E-state index in [4.69, 9.17) is 0 Å². The van der Waals surface area contributed by atoms with Crippen LogP contribution in [-0.2, 0) is 9.59 Å². The van der Waals surface area contributed by atoms with Gasteiger partial charge in [-0.1, -0.05) is 15.9 Å². The van der Waals surface area contributed by atoms with Crippen LogP contribution in [0.25, 0.3) is 0 Å². The Hall–Kier alpha value is -0.580. The van der Waals surface area contributed by atoms with E-state index in [9.17, 15) is 9.59 Å². The molecule has 82 valence electrons. The van der Waals surface area contributed by atoms with Crippen molar-refractivity contribution in [2.24, 2.45) is 0 Å². The summed E-state index contributed by atoms with van der Waals surface area (Å²) >= 11 is 3.03. The highest BCUT2D eigenvalue weighted by atomic mass is 79.9. The Kier molecular flexibility index (Phi) is 6.53. The molecule has 0 aromatic carbocycles. The summed E-state index contributed by atoms with van der Waals surface area (Å²) in [5.41, 5.74) is 0. The third kappa shape index (κ3) is 4.09. The van der Waals surface area contributed by atoms with Crippen LogP contribution >= 0.6 is 15.9 Å². The number of halogens is 1. The molecule has 1 atom stereocenters. The average Bonchev–Trinajstić information content (AvgIpc) is 2.19. The lowest BCUT2D eigenvalue weighted by Gasteiger charge is -2.23. The number of alkyl halides is 1. The second kappa shape index (κ2) is 6.81. The van der Waals surface area contributed by atoms with E-state index in [-0.39, 0.29) is 17.1 Å². The molecule has 0 aliphatic carbocycles. The summed E-state index contributed by atoms with van der Waals surface area (Å²) < 4.78 is 0. The van der Waals surface area contributed by atoms with Crippen molar-refractivity contribution in [3.63, 3.8) is 0 Å². The van der Waals surface area contributed by atoms with Gasteiger partial charge in [-0.25, -0.2) is 0 Å². The van der Waals surface area contributed by atoms with Crippen LogP contribution < -0.4 is 5.32 Å². The Morgan fingerprint density at radius 3 is 2.21 bits per heavy atom. The van der Waals surface area contributed by atoms with Gasteiger partial charge in [0.1, 0.15) is 6.04 Å². The molecule has 0 saturated carbocycles. The van der Waals surface area contributed by atoms with Crippen LogP contribution in [0.4, 0.5) is 0 Å². The van der Waals surface area contributed by atoms with Gasteiger partial charge in [0, 0.05) is 13.1 Å². The van der Waals surface area contributed by atoms with Crippen LogP contribution in [0.1, 0.15) is 20.8 Å². The molecule has 0 fully saturated rings. The highest BCUT2D eigenvalue weighted by Gasteiger charge is 2.18. The molecule has 0 heterocycles. The number of carbonyl (C=O) groups excluding carboxylic acids is 2. The van der Waals surface area contributed by atoms with E-state index in [0.29, 0.717) is 13.1 Å². The lowest BCUT2D eigenvalue weighted by atomic mass is 10.3. The molecule has 0 rings (SSSR count). The van der Waals surface area contributed by atoms with Crippen LogP contribution in [0.2, 0.25) is 0 Å². The number of carbonyl (C=O) groups is 2. The summed E-state index contributed by atoms with van der Waals surface area (Å²) in [6.07, 6.45) is 0. The van der Waals surface area contributed by atoms with Gasteiger partial charge in [0.15, 0.2) is 0 Å². The summed E-state index contributed by atoms with van der Waals surface area (Å²) in [5, 5.41) is 2.83. The molecule has 2 amide bonds. The van der Waals surface area contributed by atoms with E-state index in [0.717, 1.165) is 0 Å². The lowest BCUT2D eigenvalue weighted by molar-refractivity contribution is -0.135. The predicted octanol–water partition coefficient (Wildman–Crippen LogP) is 0.754. The van der Waals surface area contributed by atoms with E-state index >= 15 is 0 Å². The molecule has 0 aromatic heterocycles. The summed E-state index contributed by atoms with van der Waals surface area (Å²) in [5.74, 6) is -0.206. The first kappa shape index (κ1) is 13.4. The van der Waals surface area contributed by atoms with E-state index in [2.05, 4.69) is 21.2 Å². The van der Waals surface area contributed by atoms with Gasteiger partial charge in [0.2, 0.25) is 11.8 Å². The van der Waals surface area contributed by atoms with E-state index in [1.54, 1.807) is 11.8 Å². The fourth-order valence-corrected chi connectivity index (χ4v) is 1.31. The van der Waals surface area contributed by atoms with E-state index < -0.39 is 6.04 Å². The number of nitrogens with one attached hydrogen (secondary N) is 1. The average molecular weight is 265 g/mol. The summed E-state index contributed by atoms with van der Waals surface area (Å²) in [4.78, 5) is 24.3. The molecule has 0 aliphatic rings. The van der Waals surface area contributed by atoms with Crippen molar-refractivity contribution in [2.45, 2.75) is 26.8 Å². The molecule has 4 nitrogen and oxygen atoms in total. The van der Waals surface area contributed by atoms with Gasteiger partial charge in [0.25, 0.3) is 0 Å². The standard InChI is InChI=1S/C9H17BrN2O2/c1-4-12(5-2)9(14)7(3)11-8(13)6-10/h7H,4-6H2,1-3H3,(H,11,13). The van der Waals surface area contributed by atoms with E-state index in [1.807, 2.05) is 13.8 Å². The first-order chi connectivity index (χ1) is 6.56. The Balaban J connectivity index is 4.16. The van der Waals surface area contributed by atoms with Crippen molar-refractivity contribution < 1.29 is 9.59 Å². The zero-order valence-electron chi connectivity index (χ0n) is 8.84. The molecule has 0 aromatic rings. The number of amides is 2. The number of hydrogen-bond acceptors (Lipinski definition) is 2. The minimum absolute atomic E-state index is 0.0377. The van der Waals surface area contributed by atoms with Crippen molar-refractivity contribution in [3.8, 4) is 0 Å². The molecule has 0 radical (unpaired) electrons. The van der Waals surface area contributed by atoms with Crippen LogP contribution in [0.3, 0.4) is 0 Å². The van der Waals surface area contributed by atoms with Crippen molar-refractivity contribution >= 4 is 27.7 Å². The highest BCUT2D eigenvalue weighted by Crippen LogP contribution is 1.95. The smallest absolute Gasteiger partial charge is 0.244 e. The van der Waals surface area contributed by atoms with Crippen LogP contribution in [0.5, 0.6) is 0 Å². The topological polar surface area (TPSA) is 49.4 Å². The van der Waals surface area contributed by atoms with Crippen molar-refractivity contribution in [3.05, 3.63) is 0 Å². The number of rotatable bonds is 5. The largest absolute Gasteiger partial charge is 0.344 e. The zero-order chi connectivity index (χ0) is 11.1. The van der Waals surface area contributed by atoms with Crippen molar-refractivity contribution in [1.82, 2.24) is 10.2 Å². The molecule has 0 saturated heterocycles. The minimum atomic E-state index is -0.444. The van der Waals surface area contributed by atoms with Gasteiger partial charge in [-0.15, -0.1) is 0 Å². The van der Waals surface area contributed by atoms with Gasteiger partial charge >= 0.3 is 0 Å². The summed E-state index contributed by atoms with van der Waals surface area (Å²) in [6.45, 7) is 6.87. The summed E-state index contributed by atoms with van der Waals surface area (Å²) in [7, 11) is 0. The Bertz CT molecular complexity index is 205. The fraction of sp³-hybridized carbons (Fsp3) is 0.778. The second-order valence-corrected chi connectivity index (χ2v) is 3.49. The van der Waals surface area contributed by atoms with Crippen LogP contribution in [0, 0.1) is 0 Å². The van der Waals surface area contributed by atoms with Gasteiger partial charge in [0.05, 0.1) is 5.33 Å². The zero-order valence-corrected chi connectivity index (χ0v) is 10.4. The Morgan fingerprint density at radius 1 is 1.36 bits per heavy atom. The predicted molar refractivity (Wildman–Crippen MR) is 59.3 cm³/mol. The first-order valence-electron chi connectivity index (χ1n) is 4.70. The van der Waals surface area contributed by atoms with Gasteiger partial charge in [-0.2, -0.15) is 0 Å². The maximum Gasteiger partial charge on any atom is 0.244 e. The molecular formula is C9H17BrN2O2. The Morgan fingerprint density at radius 2 is 1.86 bits per heavy atom. The molecule has 5 heteroatoms. The summed E-state index contributed by atoms with van der Waals surface area (Å²) in [6, 6.07) is -0.444. The fourth-order valence-electron chi connectivity index (χ4n) is 1.15.